The maximum absolute atomic E-state index is 6.07. The van der Waals surface area contributed by atoms with Gasteiger partial charge in [0.05, 0.1) is 22.4 Å². The average molecular weight is 294 g/mol. The molecule has 0 aliphatic rings. The number of aromatic nitrogens is 2. The topological polar surface area (TPSA) is 53.1 Å². The summed E-state index contributed by atoms with van der Waals surface area (Å²) in [6.07, 6.45) is 4.12. The first kappa shape index (κ1) is 14.7. The number of benzene rings is 1. The number of hydrogen-bond donors (Lipinski definition) is 1. The van der Waals surface area contributed by atoms with Crippen LogP contribution in [0, 0.1) is 0 Å². The predicted molar refractivity (Wildman–Crippen MR) is 82.0 cm³/mol. The lowest BCUT2D eigenvalue weighted by Crippen LogP contribution is -2.08. The van der Waals surface area contributed by atoms with Gasteiger partial charge in [0.25, 0.3) is 0 Å². The van der Waals surface area contributed by atoms with Crippen molar-refractivity contribution < 1.29 is 4.74 Å². The second kappa shape index (κ2) is 6.66. The molecule has 0 spiro atoms. The SMILES string of the molecule is CCC(CC)n1ccc(COc2c(N)cccc2Cl)n1. The zero-order chi connectivity index (χ0) is 14.5. The molecule has 0 atom stereocenters. The molecule has 20 heavy (non-hydrogen) atoms. The van der Waals surface area contributed by atoms with E-state index in [4.69, 9.17) is 22.1 Å². The smallest absolute Gasteiger partial charge is 0.161 e. The molecular formula is C15H20ClN3O. The Labute approximate surface area is 124 Å². The van der Waals surface area contributed by atoms with Gasteiger partial charge in [-0.05, 0) is 31.0 Å². The molecule has 0 bridgehead atoms. The largest absolute Gasteiger partial charge is 0.483 e. The van der Waals surface area contributed by atoms with E-state index < -0.39 is 0 Å². The van der Waals surface area contributed by atoms with Crippen LogP contribution in [-0.4, -0.2) is 9.78 Å². The van der Waals surface area contributed by atoms with Gasteiger partial charge in [-0.25, -0.2) is 0 Å². The first-order valence-corrected chi connectivity index (χ1v) is 7.24. The molecule has 0 saturated heterocycles. The minimum atomic E-state index is 0.362. The van der Waals surface area contributed by atoms with Gasteiger partial charge in [0.2, 0.25) is 0 Å². The van der Waals surface area contributed by atoms with Crippen molar-refractivity contribution in [2.24, 2.45) is 0 Å². The van der Waals surface area contributed by atoms with Gasteiger partial charge >= 0.3 is 0 Å². The van der Waals surface area contributed by atoms with Gasteiger partial charge in [0, 0.05) is 6.20 Å². The van der Waals surface area contributed by atoms with E-state index in [1.54, 1.807) is 18.2 Å². The summed E-state index contributed by atoms with van der Waals surface area (Å²) in [4.78, 5) is 0. The fraction of sp³-hybridized carbons (Fsp3) is 0.400. The summed E-state index contributed by atoms with van der Waals surface area (Å²) < 4.78 is 7.68. The van der Waals surface area contributed by atoms with Crippen LogP contribution in [0.1, 0.15) is 38.4 Å². The minimum Gasteiger partial charge on any atom is -0.483 e. The first-order valence-electron chi connectivity index (χ1n) is 6.86. The number of para-hydroxylation sites is 1. The Bertz CT molecular complexity index is 544. The molecular weight excluding hydrogens is 274 g/mol. The van der Waals surface area contributed by atoms with Crippen LogP contribution in [0.15, 0.2) is 30.5 Å². The molecule has 108 valence electrons. The highest BCUT2D eigenvalue weighted by atomic mass is 35.5. The Balaban J connectivity index is 2.05. The third-order valence-electron chi connectivity index (χ3n) is 3.34. The Morgan fingerprint density at radius 3 is 2.70 bits per heavy atom. The Hall–Kier alpha value is -1.68. The van der Waals surface area contributed by atoms with Crippen molar-refractivity contribution in [1.82, 2.24) is 9.78 Å². The summed E-state index contributed by atoms with van der Waals surface area (Å²) in [7, 11) is 0. The van der Waals surface area contributed by atoms with Crippen LogP contribution in [0.25, 0.3) is 0 Å². The highest BCUT2D eigenvalue weighted by Crippen LogP contribution is 2.31. The van der Waals surface area contributed by atoms with Crippen LogP contribution >= 0.6 is 11.6 Å². The van der Waals surface area contributed by atoms with E-state index in [1.807, 2.05) is 16.9 Å². The van der Waals surface area contributed by atoms with Gasteiger partial charge in [-0.1, -0.05) is 31.5 Å². The zero-order valence-corrected chi connectivity index (χ0v) is 12.6. The molecule has 0 aliphatic carbocycles. The van der Waals surface area contributed by atoms with Crippen LogP contribution in [0.2, 0.25) is 5.02 Å². The molecule has 0 radical (unpaired) electrons. The van der Waals surface area contributed by atoms with Crippen molar-refractivity contribution in [2.75, 3.05) is 5.73 Å². The summed E-state index contributed by atoms with van der Waals surface area (Å²) in [5.74, 6) is 0.520. The molecule has 0 saturated carbocycles. The van der Waals surface area contributed by atoms with E-state index >= 15 is 0 Å². The molecule has 2 rings (SSSR count). The van der Waals surface area contributed by atoms with Crippen molar-refractivity contribution >= 4 is 17.3 Å². The number of hydrogen-bond acceptors (Lipinski definition) is 3. The van der Waals surface area contributed by atoms with Crippen LogP contribution in [0.4, 0.5) is 5.69 Å². The third-order valence-corrected chi connectivity index (χ3v) is 3.64. The molecule has 2 N–H and O–H groups in total. The lowest BCUT2D eigenvalue weighted by molar-refractivity contribution is 0.299. The third kappa shape index (κ3) is 3.25. The second-order valence-electron chi connectivity index (χ2n) is 4.70. The number of nitrogens with two attached hydrogens (primary N) is 1. The summed E-state index contributed by atoms with van der Waals surface area (Å²) in [5, 5.41) is 5.05. The molecule has 1 aromatic carbocycles. The van der Waals surface area contributed by atoms with Crippen molar-refractivity contribution in [1.29, 1.82) is 0 Å². The lowest BCUT2D eigenvalue weighted by Gasteiger charge is -2.12. The Kier molecular flexibility index (Phi) is 4.90. The summed E-state index contributed by atoms with van der Waals surface area (Å²) >= 11 is 6.07. The minimum absolute atomic E-state index is 0.362. The number of halogens is 1. The molecule has 1 heterocycles. The van der Waals surface area contributed by atoms with Crippen molar-refractivity contribution in [3.8, 4) is 5.75 Å². The number of ether oxygens (including phenoxy) is 1. The van der Waals surface area contributed by atoms with E-state index in [1.165, 1.54) is 0 Å². The van der Waals surface area contributed by atoms with Crippen molar-refractivity contribution in [3.63, 3.8) is 0 Å². The second-order valence-corrected chi connectivity index (χ2v) is 5.11. The van der Waals surface area contributed by atoms with Crippen LogP contribution in [-0.2, 0) is 6.61 Å². The van der Waals surface area contributed by atoms with Gasteiger partial charge in [0.1, 0.15) is 6.61 Å². The number of nitrogens with zero attached hydrogens (tertiary/aromatic N) is 2. The molecule has 2 aromatic rings. The Morgan fingerprint density at radius 1 is 1.30 bits per heavy atom. The summed E-state index contributed by atoms with van der Waals surface area (Å²) in [6, 6.07) is 7.73. The molecule has 0 aliphatic heterocycles. The Morgan fingerprint density at radius 2 is 2.05 bits per heavy atom. The number of anilines is 1. The molecule has 4 nitrogen and oxygen atoms in total. The molecule has 0 fully saturated rings. The van der Waals surface area contributed by atoms with E-state index in [2.05, 4.69) is 18.9 Å². The highest BCUT2D eigenvalue weighted by Gasteiger charge is 2.10. The van der Waals surface area contributed by atoms with E-state index in [-0.39, 0.29) is 0 Å². The van der Waals surface area contributed by atoms with Crippen LogP contribution < -0.4 is 10.5 Å². The van der Waals surface area contributed by atoms with Crippen molar-refractivity contribution in [2.45, 2.75) is 39.3 Å². The van der Waals surface area contributed by atoms with Crippen LogP contribution in [0.5, 0.6) is 5.75 Å². The predicted octanol–water partition coefficient (Wildman–Crippen LogP) is 4.06. The normalized spacial score (nSPS) is 11.0. The van der Waals surface area contributed by atoms with Gasteiger partial charge in [-0.2, -0.15) is 5.10 Å². The standard InChI is InChI=1S/C15H20ClN3O/c1-3-12(4-2)19-9-8-11(18-19)10-20-15-13(16)6-5-7-14(15)17/h5-9,12H,3-4,10,17H2,1-2H3. The monoisotopic (exact) mass is 293 g/mol. The summed E-state index contributed by atoms with van der Waals surface area (Å²) in [6.45, 7) is 4.69. The maximum atomic E-state index is 6.07. The van der Waals surface area contributed by atoms with Crippen molar-refractivity contribution in [3.05, 3.63) is 41.2 Å². The zero-order valence-electron chi connectivity index (χ0n) is 11.8. The average Bonchev–Trinajstić information content (AvgIpc) is 2.88. The quantitative estimate of drug-likeness (QED) is 0.817. The molecule has 5 heteroatoms. The van der Waals surface area contributed by atoms with Crippen LogP contribution in [0.3, 0.4) is 0 Å². The highest BCUT2D eigenvalue weighted by molar-refractivity contribution is 6.32. The van der Waals surface area contributed by atoms with Gasteiger partial charge in [0.15, 0.2) is 5.75 Å². The van der Waals surface area contributed by atoms with Gasteiger partial charge < -0.3 is 10.5 Å². The first-order chi connectivity index (χ1) is 9.65. The summed E-state index contributed by atoms with van der Waals surface area (Å²) in [5.41, 5.74) is 7.26. The van der Waals surface area contributed by atoms with E-state index in [9.17, 15) is 0 Å². The van der Waals surface area contributed by atoms with E-state index in [0.717, 1.165) is 18.5 Å². The fourth-order valence-corrected chi connectivity index (χ4v) is 2.38. The molecule has 1 aromatic heterocycles. The van der Waals surface area contributed by atoms with Gasteiger partial charge in [-0.15, -0.1) is 0 Å². The molecule has 0 unspecified atom stereocenters. The van der Waals surface area contributed by atoms with E-state index in [0.29, 0.717) is 29.1 Å². The molecule has 0 amide bonds. The maximum Gasteiger partial charge on any atom is 0.161 e. The van der Waals surface area contributed by atoms with Gasteiger partial charge in [-0.3, -0.25) is 4.68 Å². The number of nitrogen functional groups attached to an aromatic ring is 1. The lowest BCUT2D eigenvalue weighted by atomic mass is 10.2. The fourth-order valence-electron chi connectivity index (χ4n) is 2.14. The number of rotatable bonds is 6.